The standard InChI is InChI=1S/C21H20ClFN2O6S/c22-17-6-1-14(20(26)31-18-7-12-30-21(18)27)13-19(17)32(28,29)25-10-8-24(9-11-25)16-4-2-15(23)3-5-16/h1-6,13,18H,7-12H2/t18-/m1/s1. The number of ether oxygens (including phenoxy) is 2. The van der Waals surface area contributed by atoms with Crippen molar-refractivity contribution >= 4 is 39.3 Å². The molecule has 2 aromatic rings. The Bertz CT molecular complexity index is 1130. The molecule has 0 unspecified atom stereocenters. The van der Waals surface area contributed by atoms with Crippen LogP contribution in [0.5, 0.6) is 0 Å². The summed E-state index contributed by atoms with van der Waals surface area (Å²) < 4.78 is 50.8. The third kappa shape index (κ3) is 4.57. The van der Waals surface area contributed by atoms with Gasteiger partial charge in [-0.3, -0.25) is 0 Å². The second-order valence-corrected chi connectivity index (χ2v) is 9.68. The summed E-state index contributed by atoms with van der Waals surface area (Å²) in [6.45, 7) is 1.38. The lowest BCUT2D eigenvalue weighted by atomic mass is 10.2. The minimum Gasteiger partial charge on any atom is -0.463 e. The van der Waals surface area contributed by atoms with Gasteiger partial charge in [0.1, 0.15) is 10.7 Å². The van der Waals surface area contributed by atoms with E-state index < -0.39 is 28.1 Å². The number of cyclic esters (lactones) is 1. The van der Waals surface area contributed by atoms with Crippen molar-refractivity contribution in [3.8, 4) is 0 Å². The Morgan fingerprint density at radius 3 is 2.41 bits per heavy atom. The zero-order valence-corrected chi connectivity index (χ0v) is 18.4. The number of hydrogen-bond acceptors (Lipinski definition) is 7. The molecule has 0 aromatic heterocycles. The fourth-order valence-corrected chi connectivity index (χ4v) is 5.51. The van der Waals surface area contributed by atoms with Gasteiger partial charge in [-0.15, -0.1) is 0 Å². The maximum absolute atomic E-state index is 13.2. The molecule has 2 fully saturated rings. The van der Waals surface area contributed by atoms with E-state index in [1.165, 1.54) is 28.6 Å². The van der Waals surface area contributed by atoms with Crippen molar-refractivity contribution in [2.24, 2.45) is 0 Å². The highest BCUT2D eigenvalue weighted by Gasteiger charge is 2.33. The first-order valence-corrected chi connectivity index (χ1v) is 11.8. The zero-order chi connectivity index (χ0) is 22.9. The summed E-state index contributed by atoms with van der Waals surface area (Å²) in [4.78, 5) is 25.7. The monoisotopic (exact) mass is 482 g/mol. The summed E-state index contributed by atoms with van der Waals surface area (Å²) in [5.74, 6) is -1.80. The Morgan fingerprint density at radius 2 is 1.78 bits per heavy atom. The Balaban J connectivity index is 1.48. The Hall–Kier alpha value is -2.69. The van der Waals surface area contributed by atoms with E-state index in [1.807, 2.05) is 4.90 Å². The number of piperazine rings is 1. The molecule has 32 heavy (non-hydrogen) atoms. The molecule has 0 amide bonds. The summed E-state index contributed by atoms with van der Waals surface area (Å²) in [5.41, 5.74) is 0.772. The molecule has 1 atom stereocenters. The Labute approximate surface area is 189 Å². The number of esters is 2. The van der Waals surface area contributed by atoms with E-state index in [1.54, 1.807) is 12.1 Å². The van der Waals surface area contributed by atoms with E-state index in [2.05, 4.69) is 0 Å². The lowest BCUT2D eigenvalue weighted by molar-refractivity contribution is -0.145. The molecule has 2 heterocycles. The van der Waals surface area contributed by atoms with E-state index in [-0.39, 0.29) is 47.4 Å². The number of nitrogens with zero attached hydrogens (tertiary/aromatic N) is 2. The van der Waals surface area contributed by atoms with Crippen molar-refractivity contribution in [2.45, 2.75) is 17.4 Å². The van der Waals surface area contributed by atoms with Crippen molar-refractivity contribution in [1.82, 2.24) is 4.31 Å². The molecule has 0 aliphatic carbocycles. The fourth-order valence-electron chi connectivity index (χ4n) is 3.59. The highest BCUT2D eigenvalue weighted by Crippen LogP contribution is 2.28. The van der Waals surface area contributed by atoms with Gasteiger partial charge in [-0.2, -0.15) is 4.31 Å². The Kier molecular flexibility index (Phi) is 6.36. The van der Waals surface area contributed by atoms with Gasteiger partial charge in [0.15, 0.2) is 0 Å². The first-order chi connectivity index (χ1) is 15.3. The predicted molar refractivity (Wildman–Crippen MR) is 114 cm³/mol. The van der Waals surface area contributed by atoms with E-state index in [4.69, 9.17) is 21.1 Å². The van der Waals surface area contributed by atoms with Crippen LogP contribution < -0.4 is 4.90 Å². The predicted octanol–water partition coefficient (Wildman–Crippen LogP) is 2.46. The maximum Gasteiger partial charge on any atom is 0.347 e. The largest absolute Gasteiger partial charge is 0.463 e. The summed E-state index contributed by atoms with van der Waals surface area (Å²) in [5, 5.41) is -0.0252. The van der Waals surface area contributed by atoms with Crippen LogP contribution >= 0.6 is 11.6 Å². The van der Waals surface area contributed by atoms with Crippen molar-refractivity contribution in [1.29, 1.82) is 0 Å². The second-order valence-electron chi connectivity index (χ2n) is 7.36. The van der Waals surface area contributed by atoms with Gasteiger partial charge in [-0.25, -0.2) is 22.4 Å². The molecule has 2 aliphatic heterocycles. The number of benzene rings is 2. The molecular weight excluding hydrogens is 463 g/mol. The normalized spacial score (nSPS) is 19.6. The molecular formula is C21H20ClFN2O6S. The minimum absolute atomic E-state index is 0.0252. The molecule has 0 radical (unpaired) electrons. The lowest BCUT2D eigenvalue weighted by Crippen LogP contribution is -2.48. The summed E-state index contributed by atoms with van der Waals surface area (Å²) in [6.07, 6.45) is -0.750. The van der Waals surface area contributed by atoms with Gasteiger partial charge < -0.3 is 14.4 Å². The number of sulfonamides is 1. The van der Waals surface area contributed by atoms with Gasteiger partial charge in [-0.05, 0) is 42.5 Å². The Morgan fingerprint density at radius 1 is 1.09 bits per heavy atom. The van der Waals surface area contributed by atoms with Crippen molar-refractivity contribution < 1.29 is 31.9 Å². The van der Waals surface area contributed by atoms with Crippen molar-refractivity contribution in [3.05, 3.63) is 58.9 Å². The molecule has 4 rings (SSSR count). The molecule has 0 saturated carbocycles. The number of rotatable bonds is 5. The zero-order valence-electron chi connectivity index (χ0n) is 16.9. The van der Waals surface area contributed by atoms with E-state index in [0.29, 0.717) is 13.1 Å². The lowest BCUT2D eigenvalue weighted by Gasteiger charge is -2.35. The van der Waals surface area contributed by atoms with Crippen LogP contribution in [0.2, 0.25) is 5.02 Å². The first-order valence-electron chi connectivity index (χ1n) is 9.93. The van der Waals surface area contributed by atoms with Crippen LogP contribution in [0.25, 0.3) is 0 Å². The number of halogens is 2. The molecule has 8 nitrogen and oxygen atoms in total. The van der Waals surface area contributed by atoms with Crippen molar-refractivity contribution in [2.75, 3.05) is 37.7 Å². The van der Waals surface area contributed by atoms with Crippen LogP contribution in [-0.4, -0.2) is 63.6 Å². The molecule has 0 N–H and O–H groups in total. The molecule has 2 aliphatic rings. The van der Waals surface area contributed by atoms with E-state index >= 15 is 0 Å². The molecule has 0 spiro atoms. The smallest absolute Gasteiger partial charge is 0.347 e. The minimum atomic E-state index is -3.98. The highest BCUT2D eigenvalue weighted by molar-refractivity contribution is 7.89. The molecule has 2 saturated heterocycles. The summed E-state index contributed by atoms with van der Waals surface area (Å²) in [7, 11) is -3.98. The van der Waals surface area contributed by atoms with Gasteiger partial charge in [-0.1, -0.05) is 11.6 Å². The summed E-state index contributed by atoms with van der Waals surface area (Å²) in [6, 6.07) is 9.81. The van der Waals surface area contributed by atoms with Crippen molar-refractivity contribution in [3.63, 3.8) is 0 Å². The topological polar surface area (TPSA) is 93.2 Å². The third-order valence-corrected chi connectivity index (χ3v) is 7.73. The molecule has 170 valence electrons. The average molecular weight is 483 g/mol. The van der Waals surface area contributed by atoms with E-state index in [0.717, 1.165) is 11.8 Å². The van der Waals surface area contributed by atoms with Crippen LogP contribution in [0.1, 0.15) is 16.8 Å². The molecule has 11 heteroatoms. The van der Waals surface area contributed by atoms with Crippen LogP contribution in [-0.2, 0) is 24.3 Å². The average Bonchev–Trinajstić information content (AvgIpc) is 3.18. The summed E-state index contributed by atoms with van der Waals surface area (Å²) >= 11 is 6.16. The van der Waals surface area contributed by atoms with Crippen LogP contribution in [0.3, 0.4) is 0 Å². The van der Waals surface area contributed by atoms with Gasteiger partial charge >= 0.3 is 11.9 Å². The maximum atomic E-state index is 13.2. The number of anilines is 1. The first kappa shape index (κ1) is 22.5. The van der Waals surface area contributed by atoms with E-state index in [9.17, 15) is 22.4 Å². The van der Waals surface area contributed by atoms with Gasteiger partial charge in [0, 0.05) is 38.3 Å². The van der Waals surface area contributed by atoms with Crippen LogP contribution in [0, 0.1) is 5.82 Å². The quantitative estimate of drug-likeness (QED) is 0.604. The van der Waals surface area contributed by atoms with Gasteiger partial charge in [0.2, 0.25) is 16.1 Å². The molecule has 2 aromatic carbocycles. The second kappa shape index (κ2) is 9.05. The fraction of sp³-hybridized carbons (Fsp3) is 0.333. The molecule has 0 bridgehead atoms. The van der Waals surface area contributed by atoms with Gasteiger partial charge in [0.05, 0.1) is 17.2 Å². The number of carbonyl (C=O) groups excluding carboxylic acids is 2. The van der Waals surface area contributed by atoms with Gasteiger partial charge in [0.25, 0.3) is 0 Å². The van der Waals surface area contributed by atoms with Crippen LogP contribution in [0.15, 0.2) is 47.4 Å². The SMILES string of the molecule is O=C(O[C@@H]1CCOC1=O)c1ccc(Cl)c(S(=O)(=O)N2CCN(c3ccc(F)cc3)CC2)c1. The number of hydrogen-bond donors (Lipinski definition) is 0. The van der Waals surface area contributed by atoms with Crippen LogP contribution in [0.4, 0.5) is 10.1 Å². The number of carbonyl (C=O) groups is 2. The third-order valence-electron chi connectivity index (χ3n) is 5.35. The highest BCUT2D eigenvalue weighted by atomic mass is 35.5.